The number of rotatable bonds is 8. The molecule has 0 unspecified atom stereocenters. The molecular weight excluding hydrogens is 505 g/mol. The van der Waals surface area contributed by atoms with Crippen LogP contribution in [0.5, 0.6) is 5.75 Å². The molecule has 0 aliphatic rings. The summed E-state index contributed by atoms with van der Waals surface area (Å²) >= 11 is 5.90. The Hall–Kier alpha value is -2.33. The van der Waals surface area contributed by atoms with Gasteiger partial charge in [-0.2, -0.15) is 4.98 Å². The molecule has 1 aromatic heterocycles. The minimum absolute atomic E-state index is 0. The van der Waals surface area contributed by atoms with E-state index in [0.717, 1.165) is 17.9 Å². The molecule has 2 aromatic carbocycles. The van der Waals surface area contributed by atoms with Crippen molar-refractivity contribution >= 4 is 41.5 Å². The highest BCUT2D eigenvalue weighted by atomic mass is 127. The molecule has 0 bridgehead atoms. The van der Waals surface area contributed by atoms with Crippen LogP contribution in [0, 0.1) is 0 Å². The van der Waals surface area contributed by atoms with Crippen LogP contribution in [0.4, 0.5) is 0 Å². The van der Waals surface area contributed by atoms with Gasteiger partial charge in [-0.3, -0.25) is 0 Å². The number of hydrogen-bond donors (Lipinski definition) is 2. The van der Waals surface area contributed by atoms with Crippen LogP contribution < -0.4 is 15.4 Å². The van der Waals surface area contributed by atoms with Crippen molar-refractivity contribution < 1.29 is 9.26 Å². The summed E-state index contributed by atoms with van der Waals surface area (Å²) < 4.78 is 10.9. The van der Waals surface area contributed by atoms with Gasteiger partial charge in [0.2, 0.25) is 11.7 Å². The van der Waals surface area contributed by atoms with Crippen LogP contribution in [0.3, 0.4) is 0 Å². The molecule has 9 heteroatoms. The van der Waals surface area contributed by atoms with Crippen molar-refractivity contribution in [2.45, 2.75) is 13.5 Å². The van der Waals surface area contributed by atoms with Crippen molar-refractivity contribution in [2.75, 3.05) is 19.7 Å². The van der Waals surface area contributed by atoms with Crippen LogP contribution in [-0.4, -0.2) is 35.8 Å². The molecule has 0 spiro atoms. The molecule has 0 saturated heterocycles. The number of aromatic nitrogens is 2. The minimum atomic E-state index is 0. The average Bonchev–Trinajstić information content (AvgIpc) is 3.19. The van der Waals surface area contributed by atoms with Crippen LogP contribution in [0.1, 0.15) is 12.8 Å². The smallest absolute Gasteiger partial charge is 0.248 e. The van der Waals surface area contributed by atoms with Crippen LogP contribution >= 0.6 is 35.6 Å². The Kier molecular flexibility index (Phi) is 9.72. The van der Waals surface area contributed by atoms with Crippen molar-refractivity contribution in [1.29, 1.82) is 0 Å². The zero-order valence-corrected chi connectivity index (χ0v) is 19.1. The van der Waals surface area contributed by atoms with E-state index in [2.05, 4.69) is 25.8 Å². The molecule has 3 aromatic rings. The Morgan fingerprint density at radius 2 is 1.86 bits per heavy atom. The first-order valence-corrected chi connectivity index (χ1v) is 9.41. The van der Waals surface area contributed by atoms with E-state index in [0.29, 0.717) is 35.8 Å². The fourth-order valence-electron chi connectivity index (χ4n) is 2.38. The van der Waals surface area contributed by atoms with Crippen molar-refractivity contribution in [3.05, 3.63) is 65.5 Å². The van der Waals surface area contributed by atoms with Crippen LogP contribution in [0.2, 0.25) is 5.02 Å². The van der Waals surface area contributed by atoms with Crippen LogP contribution in [0.15, 0.2) is 64.1 Å². The highest BCUT2D eigenvalue weighted by molar-refractivity contribution is 14.0. The summed E-state index contributed by atoms with van der Waals surface area (Å²) in [5.74, 6) is 2.44. The van der Waals surface area contributed by atoms with Gasteiger partial charge in [-0.15, -0.1) is 24.0 Å². The first-order valence-electron chi connectivity index (χ1n) is 9.03. The maximum absolute atomic E-state index is 5.90. The zero-order chi connectivity index (χ0) is 19.6. The number of halogens is 2. The Morgan fingerprint density at radius 3 is 2.59 bits per heavy atom. The van der Waals surface area contributed by atoms with Gasteiger partial charge in [0.1, 0.15) is 18.9 Å². The van der Waals surface area contributed by atoms with E-state index in [1.165, 1.54) is 0 Å². The first kappa shape index (κ1) is 23.0. The fourth-order valence-corrected chi connectivity index (χ4v) is 2.50. The number of para-hydroxylation sites is 1. The van der Waals surface area contributed by atoms with Gasteiger partial charge in [0.25, 0.3) is 0 Å². The van der Waals surface area contributed by atoms with E-state index < -0.39 is 0 Å². The lowest BCUT2D eigenvalue weighted by Gasteiger charge is -2.11. The topological polar surface area (TPSA) is 84.6 Å². The van der Waals surface area contributed by atoms with Crippen LogP contribution in [0.25, 0.3) is 11.4 Å². The van der Waals surface area contributed by atoms with Crippen molar-refractivity contribution in [2.24, 2.45) is 4.99 Å². The second-order valence-corrected chi connectivity index (χ2v) is 6.24. The molecule has 0 atom stereocenters. The largest absolute Gasteiger partial charge is 0.492 e. The predicted molar refractivity (Wildman–Crippen MR) is 125 cm³/mol. The highest BCUT2D eigenvalue weighted by Crippen LogP contribution is 2.18. The van der Waals surface area contributed by atoms with Gasteiger partial charge in [0, 0.05) is 17.1 Å². The number of nitrogens with one attached hydrogen (secondary N) is 2. The zero-order valence-electron chi connectivity index (χ0n) is 16.0. The number of aliphatic imine (C=N–C) groups is 1. The third-order valence-corrected chi connectivity index (χ3v) is 3.95. The number of benzene rings is 2. The fraction of sp³-hybridized carbons (Fsp3) is 0.250. The summed E-state index contributed by atoms with van der Waals surface area (Å²) in [4.78, 5) is 8.84. The predicted octanol–water partition coefficient (Wildman–Crippen LogP) is 4.14. The lowest BCUT2D eigenvalue weighted by molar-refractivity contribution is 0.322. The summed E-state index contributed by atoms with van der Waals surface area (Å²) in [5.41, 5.74) is 0.839. The van der Waals surface area contributed by atoms with E-state index >= 15 is 0 Å². The highest BCUT2D eigenvalue weighted by Gasteiger charge is 2.08. The van der Waals surface area contributed by atoms with Crippen molar-refractivity contribution in [1.82, 2.24) is 20.8 Å². The molecular formula is C20H23ClIN5O2. The van der Waals surface area contributed by atoms with Gasteiger partial charge >= 0.3 is 0 Å². The summed E-state index contributed by atoms with van der Waals surface area (Å²) in [6.45, 7) is 4.15. The standard InChI is InChI=1S/C20H22ClN5O2.HI/c1-2-22-20(23-12-13-27-17-6-4-3-5-7-17)24-14-18-25-19(26-28-18)15-8-10-16(21)11-9-15;/h3-11H,2,12-14H2,1H3,(H2,22,23,24);1H. The van der Waals surface area contributed by atoms with Gasteiger partial charge in [-0.05, 0) is 43.3 Å². The molecule has 29 heavy (non-hydrogen) atoms. The molecule has 0 aliphatic carbocycles. The molecule has 154 valence electrons. The number of nitrogens with zero attached hydrogens (tertiary/aromatic N) is 3. The van der Waals surface area contributed by atoms with Crippen molar-refractivity contribution in [3.8, 4) is 17.1 Å². The average molecular weight is 528 g/mol. The van der Waals surface area contributed by atoms with Gasteiger partial charge < -0.3 is 19.9 Å². The summed E-state index contributed by atoms with van der Waals surface area (Å²) in [7, 11) is 0. The number of guanidine groups is 1. The lowest BCUT2D eigenvalue weighted by atomic mass is 10.2. The molecule has 1 heterocycles. The van der Waals surface area contributed by atoms with Gasteiger partial charge in [-0.25, -0.2) is 4.99 Å². The van der Waals surface area contributed by atoms with E-state index in [9.17, 15) is 0 Å². The monoisotopic (exact) mass is 527 g/mol. The van der Waals surface area contributed by atoms with Gasteiger partial charge in [0.15, 0.2) is 5.96 Å². The SMILES string of the molecule is CCNC(=NCc1nc(-c2ccc(Cl)cc2)no1)NCCOc1ccccc1.I. The second-order valence-electron chi connectivity index (χ2n) is 5.80. The third-order valence-electron chi connectivity index (χ3n) is 3.69. The Morgan fingerprint density at radius 1 is 1.10 bits per heavy atom. The molecule has 0 fully saturated rings. The van der Waals surface area contributed by atoms with Crippen LogP contribution in [-0.2, 0) is 6.54 Å². The molecule has 0 saturated carbocycles. The second kappa shape index (κ2) is 12.3. The molecule has 2 N–H and O–H groups in total. The molecule has 0 amide bonds. The Labute approximate surface area is 191 Å². The Balaban J connectivity index is 0.00000300. The van der Waals surface area contributed by atoms with E-state index in [-0.39, 0.29) is 30.5 Å². The molecule has 7 nitrogen and oxygen atoms in total. The Bertz CT molecular complexity index is 887. The first-order chi connectivity index (χ1) is 13.7. The third kappa shape index (κ3) is 7.54. The minimum Gasteiger partial charge on any atom is -0.492 e. The number of hydrogen-bond acceptors (Lipinski definition) is 5. The maximum atomic E-state index is 5.90. The molecule has 0 aliphatic heterocycles. The maximum Gasteiger partial charge on any atom is 0.248 e. The summed E-state index contributed by atoms with van der Waals surface area (Å²) in [6.07, 6.45) is 0. The molecule has 0 radical (unpaired) electrons. The van der Waals surface area contributed by atoms with Gasteiger partial charge in [-0.1, -0.05) is 35.0 Å². The summed E-state index contributed by atoms with van der Waals surface area (Å²) in [6, 6.07) is 17.0. The van der Waals surface area contributed by atoms with E-state index in [1.54, 1.807) is 12.1 Å². The van der Waals surface area contributed by atoms with E-state index in [4.69, 9.17) is 20.9 Å². The summed E-state index contributed by atoms with van der Waals surface area (Å²) in [5, 5.41) is 11.0. The van der Waals surface area contributed by atoms with Crippen molar-refractivity contribution in [3.63, 3.8) is 0 Å². The molecule has 3 rings (SSSR count). The normalized spacial score (nSPS) is 10.9. The van der Waals surface area contributed by atoms with E-state index in [1.807, 2.05) is 49.4 Å². The van der Waals surface area contributed by atoms with Gasteiger partial charge in [0.05, 0.1) is 6.54 Å². The quantitative estimate of drug-likeness (QED) is 0.198. The number of ether oxygens (including phenoxy) is 1. The lowest BCUT2D eigenvalue weighted by Crippen LogP contribution is -2.39.